The predicted molar refractivity (Wildman–Crippen MR) is 113 cm³/mol. The van der Waals surface area contributed by atoms with Crippen LogP contribution in [0.25, 0.3) is 11.4 Å². The summed E-state index contributed by atoms with van der Waals surface area (Å²) in [6.07, 6.45) is -3.04. The second-order valence-electron chi connectivity index (χ2n) is 8.06. The monoisotopic (exact) mass is 467 g/mol. The normalized spacial score (nSPS) is 21.5. The van der Waals surface area contributed by atoms with E-state index in [4.69, 9.17) is 4.52 Å². The number of nitrogens with zero attached hydrogens (tertiary/aromatic N) is 4. The van der Waals surface area contributed by atoms with Crippen LogP contribution >= 0.6 is 11.3 Å². The minimum Gasteiger partial charge on any atom is -0.382 e. The van der Waals surface area contributed by atoms with Crippen molar-refractivity contribution in [2.75, 3.05) is 20.1 Å². The fourth-order valence-electron chi connectivity index (χ4n) is 3.74. The summed E-state index contributed by atoms with van der Waals surface area (Å²) in [6, 6.07) is 4.19. The molecule has 1 saturated heterocycles. The fraction of sp³-hybridized carbons (Fsp3) is 0.476. The van der Waals surface area contributed by atoms with E-state index in [9.17, 15) is 18.3 Å². The standard InChI is InChI=1S/C21H24F3N5O2S/c1-3-8-29(2)10-17-26-16(11-32-17)20(30)9-15(25-12-20)19-27-18(28-31-19)13-4-6-14(7-5-13)21(22,23)24/h4-7,11,15,25,30H,3,8-10,12H2,1-2H3/t15-,20-/m1/s1. The van der Waals surface area contributed by atoms with Crippen molar-refractivity contribution < 1.29 is 22.8 Å². The summed E-state index contributed by atoms with van der Waals surface area (Å²) in [7, 11) is 2.04. The zero-order chi connectivity index (χ0) is 22.9. The Bertz CT molecular complexity index is 1050. The molecule has 0 saturated carbocycles. The molecule has 0 aliphatic carbocycles. The van der Waals surface area contributed by atoms with Crippen LogP contribution < -0.4 is 5.32 Å². The Morgan fingerprint density at radius 1 is 1.28 bits per heavy atom. The summed E-state index contributed by atoms with van der Waals surface area (Å²) in [6.45, 7) is 4.10. The zero-order valence-electron chi connectivity index (χ0n) is 17.7. The topological polar surface area (TPSA) is 87.3 Å². The van der Waals surface area contributed by atoms with Gasteiger partial charge in [-0.05, 0) is 32.1 Å². The molecule has 3 heterocycles. The molecule has 1 aromatic carbocycles. The molecule has 1 aliphatic rings. The highest BCUT2D eigenvalue weighted by atomic mass is 32.1. The average molecular weight is 468 g/mol. The summed E-state index contributed by atoms with van der Waals surface area (Å²) >= 11 is 1.52. The molecule has 11 heteroatoms. The van der Waals surface area contributed by atoms with Gasteiger partial charge < -0.3 is 14.9 Å². The minimum absolute atomic E-state index is 0.195. The summed E-state index contributed by atoms with van der Waals surface area (Å²) in [5.74, 6) is 0.467. The van der Waals surface area contributed by atoms with Crippen LogP contribution in [0.5, 0.6) is 0 Å². The maximum atomic E-state index is 12.8. The quantitative estimate of drug-likeness (QED) is 0.544. The van der Waals surface area contributed by atoms with Gasteiger partial charge in [-0.2, -0.15) is 18.2 Å². The van der Waals surface area contributed by atoms with Crippen LogP contribution in [0.3, 0.4) is 0 Å². The van der Waals surface area contributed by atoms with Gasteiger partial charge in [0.2, 0.25) is 11.7 Å². The number of nitrogens with one attached hydrogen (secondary N) is 1. The highest BCUT2D eigenvalue weighted by molar-refractivity contribution is 7.09. The molecule has 0 radical (unpaired) electrons. The molecular formula is C21H24F3N5O2S. The second-order valence-corrected chi connectivity index (χ2v) is 9.01. The molecule has 32 heavy (non-hydrogen) atoms. The number of β-amino-alcohol motifs (C(OH)–C–C–N with tert-alkyl or cyclic N) is 1. The lowest BCUT2D eigenvalue weighted by Crippen LogP contribution is -2.28. The molecule has 7 nitrogen and oxygen atoms in total. The number of benzene rings is 1. The Hall–Kier alpha value is -2.34. The van der Waals surface area contributed by atoms with E-state index in [0.717, 1.165) is 36.7 Å². The van der Waals surface area contributed by atoms with Gasteiger partial charge in [0.1, 0.15) is 10.6 Å². The third-order valence-corrected chi connectivity index (χ3v) is 6.27. The van der Waals surface area contributed by atoms with Gasteiger partial charge in [-0.25, -0.2) is 4.98 Å². The van der Waals surface area contributed by atoms with Gasteiger partial charge >= 0.3 is 6.18 Å². The Morgan fingerprint density at radius 3 is 2.72 bits per heavy atom. The van der Waals surface area contributed by atoms with Gasteiger partial charge in [-0.1, -0.05) is 24.2 Å². The van der Waals surface area contributed by atoms with Gasteiger partial charge in [-0.15, -0.1) is 11.3 Å². The largest absolute Gasteiger partial charge is 0.416 e. The van der Waals surface area contributed by atoms with Crippen molar-refractivity contribution in [3.63, 3.8) is 0 Å². The third kappa shape index (κ3) is 4.85. The zero-order valence-corrected chi connectivity index (χ0v) is 18.5. The van der Waals surface area contributed by atoms with E-state index in [-0.39, 0.29) is 24.3 Å². The van der Waals surface area contributed by atoms with Crippen LogP contribution in [-0.2, 0) is 18.3 Å². The Labute approximate surface area is 187 Å². The van der Waals surface area contributed by atoms with Crippen molar-refractivity contribution in [1.82, 2.24) is 25.3 Å². The van der Waals surface area contributed by atoms with Crippen molar-refractivity contribution in [1.29, 1.82) is 0 Å². The van der Waals surface area contributed by atoms with Gasteiger partial charge in [0.25, 0.3) is 0 Å². The molecule has 0 unspecified atom stereocenters. The average Bonchev–Trinajstić information content (AvgIpc) is 3.48. The van der Waals surface area contributed by atoms with Crippen LogP contribution in [0, 0.1) is 0 Å². The minimum atomic E-state index is -4.40. The lowest BCUT2D eigenvalue weighted by Gasteiger charge is -2.19. The van der Waals surface area contributed by atoms with E-state index in [0.29, 0.717) is 17.7 Å². The third-order valence-electron chi connectivity index (χ3n) is 5.43. The van der Waals surface area contributed by atoms with Gasteiger partial charge in [0.15, 0.2) is 0 Å². The van der Waals surface area contributed by atoms with Crippen LogP contribution in [0.15, 0.2) is 34.2 Å². The molecule has 172 valence electrons. The van der Waals surface area contributed by atoms with Gasteiger partial charge in [-0.3, -0.25) is 4.90 Å². The highest BCUT2D eigenvalue weighted by Gasteiger charge is 2.43. The lowest BCUT2D eigenvalue weighted by atomic mass is 9.97. The number of aromatic nitrogens is 3. The van der Waals surface area contributed by atoms with Crippen LogP contribution in [0.4, 0.5) is 13.2 Å². The molecule has 2 atom stereocenters. The van der Waals surface area contributed by atoms with E-state index in [2.05, 4.69) is 32.3 Å². The molecule has 2 N–H and O–H groups in total. The van der Waals surface area contributed by atoms with Gasteiger partial charge in [0.05, 0.1) is 23.8 Å². The summed E-state index contributed by atoms with van der Waals surface area (Å²) in [5.41, 5.74) is -0.872. The number of thiazole rings is 1. The molecule has 0 amide bonds. The highest BCUT2D eigenvalue weighted by Crippen LogP contribution is 2.38. The molecule has 0 bridgehead atoms. The Kier molecular flexibility index (Phi) is 6.35. The first-order chi connectivity index (χ1) is 15.2. The van der Waals surface area contributed by atoms with Crippen molar-refractivity contribution in [3.8, 4) is 11.4 Å². The number of hydrogen-bond donors (Lipinski definition) is 2. The molecule has 1 fully saturated rings. The molecule has 2 aromatic heterocycles. The van der Waals surface area contributed by atoms with E-state index >= 15 is 0 Å². The number of alkyl halides is 3. The van der Waals surface area contributed by atoms with Crippen molar-refractivity contribution >= 4 is 11.3 Å². The van der Waals surface area contributed by atoms with E-state index in [1.807, 2.05) is 12.4 Å². The number of aliphatic hydroxyl groups is 1. The van der Waals surface area contributed by atoms with Crippen LogP contribution in [-0.4, -0.2) is 45.3 Å². The Balaban J connectivity index is 1.44. The molecular weight excluding hydrogens is 443 g/mol. The van der Waals surface area contributed by atoms with Crippen LogP contribution in [0.2, 0.25) is 0 Å². The number of hydrogen-bond acceptors (Lipinski definition) is 8. The van der Waals surface area contributed by atoms with Crippen molar-refractivity contribution in [3.05, 3.63) is 51.8 Å². The van der Waals surface area contributed by atoms with E-state index in [1.165, 1.54) is 23.5 Å². The van der Waals surface area contributed by atoms with Crippen molar-refractivity contribution in [2.24, 2.45) is 0 Å². The number of halogens is 3. The lowest BCUT2D eigenvalue weighted by molar-refractivity contribution is -0.137. The predicted octanol–water partition coefficient (Wildman–Crippen LogP) is 3.98. The smallest absolute Gasteiger partial charge is 0.382 e. The van der Waals surface area contributed by atoms with Crippen LogP contribution in [0.1, 0.15) is 48.0 Å². The molecule has 1 aliphatic heterocycles. The first-order valence-corrected chi connectivity index (χ1v) is 11.2. The first kappa shape index (κ1) is 22.8. The van der Waals surface area contributed by atoms with Gasteiger partial charge in [0, 0.05) is 23.9 Å². The van der Waals surface area contributed by atoms with Crippen molar-refractivity contribution in [2.45, 2.75) is 44.1 Å². The number of rotatable bonds is 7. The maximum absolute atomic E-state index is 12.8. The summed E-state index contributed by atoms with van der Waals surface area (Å²) in [5, 5.41) is 21.0. The fourth-order valence-corrected chi connectivity index (χ4v) is 4.70. The summed E-state index contributed by atoms with van der Waals surface area (Å²) < 4.78 is 43.6. The van der Waals surface area contributed by atoms with E-state index in [1.54, 1.807) is 0 Å². The van der Waals surface area contributed by atoms with E-state index < -0.39 is 17.3 Å². The SMILES string of the molecule is CCCN(C)Cc1nc([C@]2(O)CN[C@@H](c3nc(-c4ccc(C(F)(F)F)cc4)no3)C2)cs1. The summed E-state index contributed by atoms with van der Waals surface area (Å²) in [4.78, 5) is 11.1. The molecule has 4 rings (SSSR count). The Morgan fingerprint density at radius 2 is 2.03 bits per heavy atom. The second kappa shape index (κ2) is 8.89. The molecule has 3 aromatic rings. The maximum Gasteiger partial charge on any atom is 0.416 e. The first-order valence-electron chi connectivity index (χ1n) is 10.3. The molecule has 0 spiro atoms.